The van der Waals surface area contributed by atoms with Gasteiger partial charge in [-0.15, -0.1) is 0 Å². The summed E-state index contributed by atoms with van der Waals surface area (Å²) >= 11 is 0. The first-order chi connectivity index (χ1) is 11.9. The van der Waals surface area contributed by atoms with Crippen molar-refractivity contribution in [1.82, 2.24) is 9.80 Å². The van der Waals surface area contributed by atoms with Gasteiger partial charge in [0.2, 0.25) is 0 Å². The second-order valence-electron chi connectivity index (χ2n) is 9.43. The molecule has 26 heavy (non-hydrogen) atoms. The van der Waals surface area contributed by atoms with E-state index in [1.54, 1.807) is 13.8 Å². The van der Waals surface area contributed by atoms with Crippen molar-refractivity contribution in [3.63, 3.8) is 0 Å². The SMILES string of the molecule is CC(C)N1CC(OC(C)(C)[C@@H]2CN(C(C)C)CCO2)OC(C(C)(C)O)C1. The number of hydrogen-bond donors (Lipinski definition) is 1. The van der Waals surface area contributed by atoms with Gasteiger partial charge in [0, 0.05) is 38.3 Å². The molecule has 0 radical (unpaired) electrons. The highest BCUT2D eigenvalue weighted by Gasteiger charge is 2.43. The summed E-state index contributed by atoms with van der Waals surface area (Å²) in [5.74, 6) is 0. The number of hydrogen-bond acceptors (Lipinski definition) is 6. The Labute approximate surface area is 159 Å². The van der Waals surface area contributed by atoms with Gasteiger partial charge < -0.3 is 19.3 Å². The van der Waals surface area contributed by atoms with Gasteiger partial charge in [0.25, 0.3) is 0 Å². The molecule has 2 unspecified atom stereocenters. The molecule has 0 aromatic carbocycles. The van der Waals surface area contributed by atoms with Crippen LogP contribution in [0.4, 0.5) is 0 Å². The van der Waals surface area contributed by atoms with Crippen LogP contribution in [0, 0.1) is 0 Å². The van der Waals surface area contributed by atoms with Crippen LogP contribution in [0.25, 0.3) is 0 Å². The molecule has 2 fully saturated rings. The van der Waals surface area contributed by atoms with Gasteiger partial charge in [-0.05, 0) is 55.4 Å². The van der Waals surface area contributed by atoms with Crippen molar-refractivity contribution >= 4 is 0 Å². The summed E-state index contributed by atoms with van der Waals surface area (Å²) in [5.41, 5.74) is -1.38. The van der Waals surface area contributed by atoms with Gasteiger partial charge in [0.05, 0.1) is 23.9 Å². The molecule has 2 heterocycles. The van der Waals surface area contributed by atoms with E-state index < -0.39 is 11.2 Å². The monoisotopic (exact) mass is 372 g/mol. The van der Waals surface area contributed by atoms with Crippen molar-refractivity contribution in [2.45, 2.75) is 97.2 Å². The largest absolute Gasteiger partial charge is 0.388 e. The highest BCUT2D eigenvalue weighted by atomic mass is 16.7. The molecule has 0 aliphatic carbocycles. The molecule has 1 N–H and O–H groups in total. The predicted molar refractivity (Wildman–Crippen MR) is 103 cm³/mol. The minimum absolute atomic E-state index is 0.00253. The molecule has 2 rings (SSSR count). The van der Waals surface area contributed by atoms with Crippen molar-refractivity contribution in [3.8, 4) is 0 Å². The second kappa shape index (κ2) is 8.41. The minimum atomic E-state index is -0.908. The Bertz CT molecular complexity index is 448. The van der Waals surface area contributed by atoms with E-state index in [2.05, 4.69) is 51.3 Å². The van der Waals surface area contributed by atoms with Gasteiger partial charge in [0.1, 0.15) is 6.10 Å². The fourth-order valence-corrected chi connectivity index (χ4v) is 3.60. The Kier molecular flexibility index (Phi) is 7.14. The van der Waals surface area contributed by atoms with Gasteiger partial charge in [-0.2, -0.15) is 0 Å². The molecule has 0 amide bonds. The summed E-state index contributed by atoms with van der Waals surface area (Å²) in [6, 6.07) is 0.874. The van der Waals surface area contributed by atoms with Crippen molar-refractivity contribution in [2.75, 3.05) is 32.8 Å². The maximum atomic E-state index is 10.5. The zero-order valence-electron chi connectivity index (χ0n) is 18.0. The summed E-state index contributed by atoms with van der Waals surface area (Å²) in [6.07, 6.45) is -0.660. The molecule has 2 saturated heterocycles. The lowest BCUT2D eigenvalue weighted by Gasteiger charge is -2.48. The summed E-state index contributed by atoms with van der Waals surface area (Å²) in [5, 5.41) is 10.5. The van der Waals surface area contributed by atoms with Crippen LogP contribution in [0.1, 0.15) is 55.4 Å². The zero-order chi connectivity index (χ0) is 19.7. The van der Waals surface area contributed by atoms with E-state index in [0.717, 1.165) is 19.7 Å². The quantitative estimate of drug-likeness (QED) is 0.771. The third-order valence-corrected chi connectivity index (χ3v) is 5.66. The smallest absolute Gasteiger partial charge is 0.171 e. The number of rotatable bonds is 6. The molecule has 154 valence electrons. The van der Waals surface area contributed by atoms with Crippen LogP contribution in [0.15, 0.2) is 0 Å². The molecule has 3 atom stereocenters. The first kappa shape index (κ1) is 22.1. The predicted octanol–water partition coefficient (Wildman–Crippen LogP) is 2.10. The maximum Gasteiger partial charge on any atom is 0.171 e. The highest BCUT2D eigenvalue weighted by molar-refractivity contribution is 4.90. The topological polar surface area (TPSA) is 54.4 Å². The molecule has 0 bridgehead atoms. The average Bonchev–Trinajstić information content (AvgIpc) is 2.53. The van der Waals surface area contributed by atoms with Crippen LogP contribution in [-0.2, 0) is 14.2 Å². The van der Waals surface area contributed by atoms with E-state index in [9.17, 15) is 5.11 Å². The first-order valence-electron chi connectivity index (χ1n) is 10.1. The average molecular weight is 373 g/mol. The Hall–Kier alpha value is -0.240. The Morgan fingerprint density at radius 3 is 2.04 bits per heavy atom. The van der Waals surface area contributed by atoms with E-state index >= 15 is 0 Å². The van der Waals surface area contributed by atoms with Crippen LogP contribution >= 0.6 is 0 Å². The van der Waals surface area contributed by atoms with Crippen molar-refractivity contribution < 1.29 is 19.3 Å². The standard InChI is InChI=1S/C20H40N2O4/c1-14(2)21-9-10-24-17(12-21)20(7,8)26-18-13-22(15(3)4)11-16(25-18)19(5,6)23/h14-18,23H,9-13H2,1-8H3/t16?,17-,18?/m0/s1. The van der Waals surface area contributed by atoms with Gasteiger partial charge in [-0.3, -0.25) is 9.80 Å². The Morgan fingerprint density at radius 1 is 0.923 bits per heavy atom. The number of nitrogens with zero attached hydrogens (tertiary/aromatic N) is 2. The van der Waals surface area contributed by atoms with Crippen molar-refractivity contribution in [3.05, 3.63) is 0 Å². The maximum absolute atomic E-state index is 10.5. The highest BCUT2D eigenvalue weighted by Crippen LogP contribution is 2.29. The minimum Gasteiger partial charge on any atom is -0.388 e. The molecular weight excluding hydrogens is 332 g/mol. The second-order valence-corrected chi connectivity index (χ2v) is 9.43. The summed E-state index contributed by atoms with van der Waals surface area (Å²) < 4.78 is 18.6. The van der Waals surface area contributed by atoms with E-state index in [0.29, 0.717) is 25.2 Å². The molecule has 0 spiro atoms. The van der Waals surface area contributed by atoms with Crippen LogP contribution in [0.2, 0.25) is 0 Å². The Morgan fingerprint density at radius 2 is 1.50 bits per heavy atom. The van der Waals surface area contributed by atoms with Gasteiger partial charge in [0.15, 0.2) is 6.29 Å². The van der Waals surface area contributed by atoms with Crippen LogP contribution < -0.4 is 0 Å². The lowest BCUT2D eigenvalue weighted by Crippen LogP contribution is -2.61. The molecule has 2 aliphatic rings. The van der Waals surface area contributed by atoms with E-state index in [-0.39, 0.29) is 18.5 Å². The summed E-state index contributed by atoms with van der Waals surface area (Å²) in [7, 11) is 0. The van der Waals surface area contributed by atoms with Crippen molar-refractivity contribution in [1.29, 1.82) is 0 Å². The molecule has 0 saturated carbocycles. The number of morpholine rings is 2. The first-order valence-corrected chi connectivity index (χ1v) is 10.1. The van der Waals surface area contributed by atoms with Crippen LogP contribution in [-0.4, -0.2) is 89.5 Å². The lowest BCUT2D eigenvalue weighted by atomic mass is 9.98. The van der Waals surface area contributed by atoms with Crippen LogP contribution in [0.5, 0.6) is 0 Å². The molecule has 0 aromatic heterocycles. The van der Waals surface area contributed by atoms with Gasteiger partial charge in [-0.25, -0.2) is 0 Å². The normalized spacial score (nSPS) is 30.3. The molecule has 6 nitrogen and oxygen atoms in total. The summed E-state index contributed by atoms with van der Waals surface area (Å²) in [6.45, 7) is 20.5. The third kappa shape index (κ3) is 5.63. The number of ether oxygens (including phenoxy) is 3. The van der Waals surface area contributed by atoms with E-state index in [1.165, 1.54) is 0 Å². The van der Waals surface area contributed by atoms with E-state index in [4.69, 9.17) is 14.2 Å². The lowest BCUT2D eigenvalue weighted by molar-refractivity contribution is -0.295. The molecule has 6 heteroatoms. The van der Waals surface area contributed by atoms with Crippen molar-refractivity contribution in [2.24, 2.45) is 0 Å². The Balaban J connectivity index is 2.06. The van der Waals surface area contributed by atoms with Crippen LogP contribution in [0.3, 0.4) is 0 Å². The van der Waals surface area contributed by atoms with E-state index in [1.807, 2.05) is 0 Å². The molecular formula is C20H40N2O4. The van der Waals surface area contributed by atoms with Gasteiger partial charge in [-0.1, -0.05) is 0 Å². The third-order valence-electron chi connectivity index (χ3n) is 5.66. The summed E-state index contributed by atoms with van der Waals surface area (Å²) in [4.78, 5) is 4.75. The van der Waals surface area contributed by atoms with Gasteiger partial charge >= 0.3 is 0 Å². The fourth-order valence-electron chi connectivity index (χ4n) is 3.60. The fraction of sp³-hybridized carbons (Fsp3) is 1.00. The molecule has 0 aromatic rings. The molecule has 2 aliphatic heterocycles. The zero-order valence-corrected chi connectivity index (χ0v) is 18.0. The number of aliphatic hydroxyl groups is 1.